The molecule has 0 spiro atoms. The maximum atomic E-state index is 12.6. The highest BCUT2D eigenvalue weighted by Gasteiger charge is 2.45. The number of anilines is 1. The normalized spacial score (nSPS) is 22.0. The summed E-state index contributed by atoms with van der Waals surface area (Å²) >= 11 is 0. The van der Waals surface area contributed by atoms with Crippen molar-refractivity contribution in [1.29, 1.82) is 0 Å². The number of methoxy groups -OCH3 is 1. The van der Waals surface area contributed by atoms with Gasteiger partial charge in [0.2, 0.25) is 5.91 Å². The number of ether oxygens (including phenoxy) is 1. The zero-order valence-corrected chi connectivity index (χ0v) is 12.4. The molecule has 0 radical (unpaired) electrons. The van der Waals surface area contributed by atoms with Crippen molar-refractivity contribution >= 4 is 11.6 Å². The van der Waals surface area contributed by atoms with E-state index in [2.05, 4.69) is 4.90 Å². The highest BCUT2D eigenvalue weighted by atomic mass is 16.5. The Labute approximate surface area is 115 Å². The van der Waals surface area contributed by atoms with E-state index >= 15 is 0 Å². The van der Waals surface area contributed by atoms with E-state index in [9.17, 15) is 4.79 Å². The number of carbonyl (C=O) groups is 1. The third kappa shape index (κ3) is 2.21. The molecule has 1 unspecified atom stereocenters. The minimum absolute atomic E-state index is 0.164. The zero-order chi connectivity index (χ0) is 14.2. The fraction of sp³-hybridized carbons (Fsp3) is 0.533. The van der Waals surface area contributed by atoms with Crippen molar-refractivity contribution in [3.63, 3.8) is 0 Å². The number of amides is 1. The third-order valence-electron chi connectivity index (χ3n) is 4.00. The Bertz CT molecular complexity index is 499. The van der Waals surface area contributed by atoms with Crippen LogP contribution in [0.2, 0.25) is 0 Å². The molecule has 1 atom stereocenters. The lowest BCUT2D eigenvalue weighted by Gasteiger charge is -2.25. The van der Waals surface area contributed by atoms with Crippen LogP contribution in [0.15, 0.2) is 18.2 Å². The maximum Gasteiger partial charge on any atom is 0.237 e. The first-order valence-corrected chi connectivity index (χ1v) is 6.51. The lowest BCUT2D eigenvalue weighted by molar-refractivity contribution is -0.122. The van der Waals surface area contributed by atoms with Gasteiger partial charge in [0, 0.05) is 12.7 Å². The van der Waals surface area contributed by atoms with Gasteiger partial charge >= 0.3 is 0 Å². The minimum atomic E-state index is -0.455. The van der Waals surface area contributed by atoms with Gasteiger partial charge in [-0.3, -0.25) is 4.79 Å². The third-order valence-corrected chi connectivity index (χ3v) is 4.00. The average molecular weight is 262 g/mol. The summed E-state index contributed by atoms with van der Waals surface area (Å²) in [7, 11) is 7.55. The van der Waals surface area contributed by atoms with Gasteiger partial charge in [-0.1, -0.05) is 0 Å². The molecule has 0 N–H and O–H groups in total. The van der Waals surface area contributed by atoms with Gasteiger partial charge in [0.15, 0.2) is 0 Å². The van der Waals surface area contributed by atoms with E-state index in [1.807, 2.05) is 46.3 Å². The molecule has 0 aromatic heterocycles. The van der Waals surface area contributed by atoms with Crippen molar-refractivity contribution in [2.45, 2.75) is 18.8 Å². The van der Waals surface area contributed by atoms with Crippen LogP contribution in [0.25, 0.3) is 0 Å². The molecule has 0 saturated heterocycles. The van der Waals surface area contributed by atoms with Crippen molar-refractivity contribution in [2.75, 3.05) is 39.7 Å². The molecule has 1 aromatic carbocycles. The largest absolute Gasteiger partial charge is 0.497 e. The Hall–Kier alpha value is -1.55. The molecule has 104 valence electrons. The number of benzene rings is 1. The average Bonchev–Trinajstić information content (AvgIpc) is 2.59. The van der Waals surface area contributed by atoms with Crippen molar-refractivity contribution in [3.8, 4) is 5.75 Å². The van der Waals surface area contributed by atoms with Gasteiger partial charge in [-0.25, -0.2) is 0 Å². The van der Waals surface area contributed by atoms with Crippen LogP contribution >= 0.6 is 0 Å². The molecule has 0 aliphatic carbocycles. The molecule has 1 aliphatic rings. The molecule has 1 aromatic rings. The van der Waals surface area contributed by atoms with E-state index in [0.29, 0.717) is 0 Å². The van der Waals surface area contributed by atoms with E-state index in [0.717, 1.165) is 30.0 Å². The summed E-state index contributed by atoms with van der Waals surface area (Å²) in [5.41, 5.74) is 1.61. The van der Waals surface area contributed by atoms with E-state index in [-0.39, 0.29) is 5.91 Å². The van der Waals surface area contributed by atoms with Crippen LogP contribution in [-0.4, -0.2) is 45.6 Å². The minimum Gasteiger partial charge on any atom is -0.497 e. The standard InChI is InChI=1S/C15H22N2O2/c1-15(8-9-16(2)3)12-10-11(19-5)6-7-13(12)17(4)14(15)18/h6-7,10H,8-9H2,1-5H3. The lowest BCUT2D eigenvalue weighted by atomic mass is 9.80. The molecule has 1 aliphatic heterocycles. The van der Waals surface area contributed by atoms with Gasteiger partial charge in [-0.2, -0.15) is 0 Å². The van der Waals surface area contributed by atoms with Gasteiger partial charge in [0.1, 0.15) is 5.75 Å². The number of hydrogen-bond donors (Lipinski definition) is 0. The first-order chi connectivity index (χ1) is 8.90. The van der Waals surface area contributed by atoms with Crippen molar-refractivity contribution in [2.24, 2.45) is 0 Å². The topological polar surface area (TPSA) is 32.8 Å². The zero-order valence-electron chi connectivity index (χ0n) is 12.4. The molecule has 19 heavy (non-hydrogen) atoms. The molecule has 0 saturated carbocycles. The number of rotatable bonds is 4. The maximum absolute atomic E-state index is 12.6. The van der Waals surface area contributed by atoms with Crippen LogP contribution in [0.3, 0.4) is 0 Å². The number of nitrogens with zero attached hydrogens (tertiary/aromatic N) is 2. The molecule has 1 amide bonds. The van der Waals surface area contributed by atoms with E-state index in [4.69, 9.17) is 4.74 Å². The summed E-state index contributed by atoms with van der Waals surface area (Å²) in [4.78, 5) is 16.4. The highest BCUT2D eigenvalue weighted by Crippen LogP contribution is 2.44. The van der Waals surface area contributed by atoms with Crippen molar-refractivity contribution < 1.29 is 9.53 Å². The Morgan fingerprint density at radius 3 is 2.63 bits per heavy atom. The smallest absolute Gasteiger partial charge is 0.237 e. The molecule has 4 nitrogen and oxygen atoms in total. The second-order valence-electron chi connectivity index (χ2n) is 5.63. The Kier molecular flexibility index (Phi) is 3.54. The van der Waals surface area contributed by atoms with E-state index in [1.54, 1.807) is 12.0 Å². The fourth-order valence-electron chi connectivity index (χ4n) is 2.66. The molecule has 0 bridgehead atoms. The Morgan fingerprint density at radius 2 is 2.05 bits per heavy atom. The van der Waals surface area contributed by atoms with Crippen molar-refractivity contribution in [1.82, 2.24) is 4.90 Å². The molecular formula is C15H22N2O2. The lowest BCUT2D eigenvalue weighted by Crippen LogP contribution is -2.38. The van der Waals surface area contributed by atoms with Crippen molar-refractivity contribution in [3.05, 3.63) is 23.8 Å². The van der Waals surface area contributed by atoms with Crippen LogP contribution in [0.1, 0.15) is 18.9 Å². The van der Waals surface area contributed by atoms with Gasteiger partial charge in [0.05, 0.1) is 12.5 Å². The second kappa shape index (κ2) is 4.85. The SMILES string of the molecule is COc1ccc2c(c1)C(C)(CCN(C)C)C(=O)N2C. The number of carbonyl (C=O) groups excluding carboxylic acids is 1. The van der Waals surface area contributed by atoms with Gasteiger partial charge in [-0.15, -0.1) is 0 Å². The van der Waals surface area contributed by atoms with Gasteiger partial charge in [0.25, 0.3) is 0 Å². The second-order valence-corrected chi connectivity index (χ2v) is 5.63. The predicted octanol–water partition coefficient (Wildman–Crippen LogP) is 1.88. The fourth-order valence-corrected chi connectivity index (χ4v) is 2.66. The number of hydrogen-bond acceptors (Lipinski definition) is 3. The summed E-state index contributed by atoms with van der Waals surface area (Å²) in [6.45, 7) is 2.91. The number of likely N-dealkylation sites (N-methyl/N-ethyl adjacent to an activating group) is 1. The molecule has 4 heteroatoms. The molecule has 0 fully saturated rings. The summed E-state index contributed by atoms with van der Waals surface area (Å²) in [6, 6.07) is 5.86. The summed E-state index contributed by atoms with van der Waals surface area (Å²) in [5.74, 6) is 0.968. The van der Waals surface area contributed by atoms with Crippen LogP contribution < -0.4 is 9.64 Å². The first-order valence-electron chi connectivity index (χ1n) is 6.51. The molecular weight excluding hydrogens is 240 g/mol. The Balaban J connectivity index is 2.43. The number of fused-ring (bicyclic) bond motifs is 1. The summed E-state index contributed by atoms with van der Waals surface area (Å²) in [6.07, 6.45) is 0.809. The summed E-state index contributed by atoms with van der Waals surface area (Å²) in [5, 5.41) is 0. The quantitative estimate of drug-likeness (QED) is 0.830. The molecule has 1 heterocycles. The van der Waals surface area contributed by atoms with Gasteiger partial charge in [-0.05, 0) is 57.7 Å². The summed E-state index contributed by atoms with van der Waals surface area (Å²) < 4.78 is 5.29. The van der Waals surface area contributed by atoms with Crippen LogP contribution in [0, 0.1) is 0 Å². The van der Waals surface area contributed by atoms with E-state index in [1.165, 1.54) is 0 Å². The van der Waals surface area contributed by atoms with E-state index < -0.39 is 5.41 Å². The monoisotopic (exact) mass is 262 g/mol. The first kappa shape index (κ1) is 13.9. The highest BCUT2D eigenvalue weighted by molar-refractivity contribution is 6.07. The van der Waals surface area contributed by atoms with Crippen LogP contribution in [-0.2, 0) is 10.2 Å². The van der Waals surface area contributed by atoms with Crippen LogP contribution in [0.4, 0.5) is 5.69 Å². The van der Waals surface area contributed by atoms with Gasteiger partial charge < -0.3 is 14.5 Å². The van der Waals surface area contributed by atoms with Crippen LogP contribution in [0.5, 0.6) is 5.75 Å². The molecule has 2 rings (SSSR count). The Morgan fingerprint density at radius 1 is 1.37 bits per heavy atom. The predicted molar refractivity (Wildman–Crippen MR) is 76.9 cm³/mol.